The van der Waals surface area contributed by atoms with Gasteiger partial charge in [-0.2, -0.15) is 0 Å². The second-order valence-corrected chi connectivity index (χ2v) is 6.99. The summed E-state index contributed by atoms with van der Waals surface area (Å²) in [5, 5.41) is 0. The highest BCUT2D eigenvalue weighted by molar-refractivity contribution is 5.91. The molecule has 1 aliphatic heterocycles. The third-order valence-electron chi connectivity index (χ3n) is 5.37. The zero-order valence-electron chi connectivity index (χ0n) is 14.9. The number of ketones is 1. The van der Waals surface area contributed by atoms with Gasteiger partial charge in [0.25, 0.3) is 0 Å². The SMILES string of the molecule is COC1=CC(=O)C[C@H]2CN(Cc3ccccc3)CC[C@@]12COC(C)=O. The van der Waals surface area contributed by atoms with E-state index in [0.717, 1.165) is 26.1 Å². The number of fused-ring (bicyclic) bond motifs is 1. The molecule has 1 fully saturated rings. The van der Waals surface area contributed by atoms with Gasteiger partial charge in [-0.3, -0.25) is 14.5 Å². The average molecular weight is 343 g/mol. The van der Waals surface area contributed by atoms with Gasteiger partial charge < -0.3 is 9.47 Å². The largest absolute Gasteiger partial charge is 0.500 e. The smallest absolute Gasteiger partial charge is 0.302 e. The molecule has 0 unspecified atom stereocenters. The third kappa shape index (κ3) is 3.76. The molecular weight excluding hydrogens is 318 g/mol. The molecule has 25 heavy (non-hydrogen) atoms. The van der Waals surface area contributed by atoms with Crippen LogP contribution in [0, 0.1) is 11.3 Å². The van der Waals surface area contributed by atoms with Crippen LogP contribution in [-0.2, 0) is 25.6 Å². The van der Waals surface area contributed by atoms with Crippen LogP contribution in [0.3, 0.4) is 0 Å². The summed E-state index contributed by atoms with van der Waals surface area (Å²) in [5.41, 5.74) is 0.876. The zero-order chi connectivity index (χ0) is 17.9. The van der Waals surface area contributed by atoms with Gasteiger partial charge in [0.05, 0.1) is 12.5 Å². The molecule has 1 aromatic rings. The van der Waals surface area contributed by atoms with Gasteiger partial charge in [0, 0.05) is 32.5 Å². The van der Waals surface area contributed by atoms with E-state index < -0.39 is 0 Å². The molecule has 2 atom stereocenters. The molecule has 0 bridgehead atoms. The number of nitrogens with zero attached hydrogens (tertiary/aromatic N) is 1. The summed E-state index contributed by atoms with van der Waals surface area (Å²) in [6.07, 6.45) is 2.87. The average Bonchev–Trinajstić information content (AvgIpc) is 2.60. The minimum absolute atomic E-state index is 0.0851. The molecule has 134 valence electrons. The normalized spacial score (nSPS) is 26.6. The summed E-state index contributed by atoms with van der Waals surface area (Å²) in [4.78, 5) is 25.9. The fourth-order valence-electron chi connectivity index (χ4n) is 4.05. The lowest BCUT2D eigenvalue weighted by Crippen LogP contribution is -2.53. The van der Waals surface area contributed by atoms with Crippen LogP contribution in [0.4, 0.5) is 0 Å². The Morgan fingerprint density at radius 3 is 2.76 bits per heavy atom. The summed E-state index contributed by atoms with van der Waals surface area (Å²) in [5.74, 6) is 0.542. The van der Waals surface area contributed by atoms with E-state index in [2.05, 4.69) is 17.0 Å². The molecule has 0 spiro atoms. The molecule has 5 nitrogen and oxygen atoms in total. The second kappa shape index (κ2) is 7.40. The topological polar surface area (TPSA) is 55.8 Å². The van der Waals surface area contributed by atoms with E-state index in [1.54, 1.807) is 13.2 Å². The minimum Gasteiger partial charge on any atom is -0.500 e. The van der Waals surface area contributed by atoms with Crippen molar-refractivity contribution in [3.05, 3.63) is 47.7 Å². The number of carbonyl (C=O) groups excluding carboxylic acids is 2. The van der Waals surface area contributed by atoms with Crippen molar-refractivity contribution >= 4 is 11.8 Å². The summed E-state index contributed by atoms with van der Waals surface area (Å²) >= 11 is 0. The summed E-state index contributed by atoms with van der Waals surface area (Å²) < 4.78 is 10.9. The van der Waals surface area contributed by atoms with Crippen LogP contribution in [-0.4, -0.2) is 43.5 Å². The molecule has 0 saturated carbocycles. The van der Waals surface area contributed by atoms with Crippen molar-refractivity contribution in [3.8, 4) is 0 Å². The number of ether oxygens (including phenoxy) is 2. The monoisotopic (exact) mass is 343 g/mol. The van der Waals surface area contributed by atoms with Crippen molar-refractivity contribution in [2.45, 2.75) is 26.3 Å². The first kappa shape index (κ1) is 17.7. The lowest BCUT2D eigenvalue weighted by atomic mass is 9.64. The fraction of sp³-hybridized carbons (Fsp3) is 0.500. The van der Waals surface area contributed by atoms with Gasteiger partial charge in [-0.25, -0.2) is 0 Å². The number of piperidine rings is 1. The van der Waals surface area contributed by atoms with Gasteiger partial charge in [-0.15, -0.1) is 0 Å². The number of hydrogen-bond donors (Lipinski definition) is 0. The first-order valence-corrected chi connectivity index (χ1v) is 8.72. The van der Waals surface area contributed by atoms with Crippen LogP contribution in [0.1, 0.15) is 25.3 Å². The van der Waals surface area contributed by atoms with Crippen LogP contribution in [0.15, 0.2) is 42.2 Å². The molecular formula is C20H25NO4. The van der Waals surface area contributed by atoms with E-state index in [1.165, 1.54) is 12.5 Å². The summed E-state index contributed by atoms with van der Waals surface area (Å²) in [6, 6.07) is 10.3. The Balaban J connectivity index is 1.80. The highest BCUT2D eigenvalue weighted by Gasteiger charge is 2.50. The van der Waals surface area contributed by atoms with Crippen LogP contribution in [0.5, 0.6) is 0 Å². The van der Waals surface area contributed by atoms with Gasteiger partial charge in [-0.1, -0.05) is 30.3 Å². The molecule has 3 rings (SSSR count). The highest BCUT2D eigenvalue weighted by atomic mass is 16.5. The number of methoxy groups -OCH3 is 1. The second-order valence-electron chi connectivity index (χ2n) is 6.99. The molecule has 1 aromatic carbocycles. The van der Waals surface area contributed by atoms with Crippen molar-refractivity contribution in [1.82, 2.24) is 4.90 Å². The summed E-state index contributed by atoms with van der Waals surface area (Å²) in [6.45, 7) is 4.23. The van der Waals surface area contributed by atoms with E-state index in [9.17, 15) is 9.59 Å². The van der Waals surface area contributed by atoms with E-state index in [-0.39, 0.29) is 29.7 Å². The van der Waals surface area contributed by atoms with Crippen LogP contribution in [0.2, 0.25) is 0 Å². The van der Waals surface area contributed by atoms with Crippen molar-refractivity contribution < 1.29 is 19.1 Å². The first-order valence-electron chi connectivity index (χ1n) is 8.72. The molecule has 0 N–H and O–H groups in total. The van der Waals surface area contributed by atoms with E-state index in [4.69, 9.17) is 9.47 Å². The Bertz CT molecular complexity index is 670. The Kier molecular flexibility index (Phi) is 5.23. The molecule has 2 aliphatic rings. The number of esters is 1. The lowest BCUT2D eigenvalue weighted by molar-refractivity contribution is -0.149. The van der Waals surface area contributed by atoms with E-state index >= 15 is 0 Å². The zero-order valence-corrected chi connectivity index (χ0v) is 14.9. The number of allylic oxidation sites excluding steroid dienone is 1. The quantitative estimate of drug-likeness (QED) is 0.769. The Morgan fingerprint density at radius 1 is 1.32 bits per heavy atom. The maximum absolute atomic E-state index is 12.1. The highest BCUT2D eigenvalue weighted by Crippen LogP contribution is 2.48. The standard InChI is InChI=1S/C20H25NO4/c1-15(22)25-14-20-8-9-21(12-16-6-4-3-5-7-16)13-17(20)10-18(23)11-19(20)24-2/h3-7,11,17H,8-10,12-14H2,1-2H3/t17-,20-/m0/s1. The van der Waals surface area contributed by atoms with Gasteiger partial charge in [0.1, 0.15) is 12.4 Å². The predicted octanol–water partition coefficient (Wildman–Crippen LogP) is 2.56. The molecule has 5 heteroatoms. The fourth-order valence-corrected chi connectivity index (χ4v) is 4.05. The Hall–Kier alpha value is -2.14. The predicted molar refractivity (Wildman–Crippen MR) is 93.6 cm³/mol. The molecule has 1 aliphatic carbocycles. The molecule has 0 aromatic heterocycles. The molecule has 1 heterocycles. The van der Waals surface area contributed by atoms with E-state index in [0.29, 0.717) is 12.2 Å². The third-order valence-corrected chi connectivity index (χ3v) is 5.37. The Morgan fingerprint density at radius 2 is 2.08 bits per heavy atom. The van der Waals surface area contributed by atoms with Crippen LogP contribution in [0.25, 0.3) is 0 Å². The maximum atomic E-state index is 12.1. The summed E-state index contributed by atoms with van der Waals surface area (Å²) in [7, 11) is 1.59. The number of likely N-dealkylation sites (tertiary alicyclic amines) is 1. The van der Waals surface area contributed by atoms with Crippen molar-refractivity contribution in [3.63, 3.8) is 0 Å². The van der Waals surface area contributed by atoms with Gasteiger partial charge in [-0.05, 0) is 24.4 Å². The first-order chi connectivity index (χ1) is 12.0. The van der Waals surface area contributed by atoms with Crippen molar-refractivity contribution in [1.29, 1.82) is 0 Å². The van der Waals surface area contributed by atoms with Gasteiger partial charge in [0.15, 0.2) is 5.78 Å². The van der Waals surface area contributed by atoms with E-state index in [1.807, 2.05) is 18.2 Å². The van der Waals surface area contributed by atoms with Gasteiger partial charge >= 0.3 is 5.97 Å². The number of hydrogen-bond acceptors (Lipinski definition) is 5. The molecule has 0 amide bonds. The van der Waals surface area contributed by atoms with Gasteiger partial charge in [0.2, 0.25) is 0 Å². The van der Waals surface area contributed by atoms with Crippen LogP contribution < -0.4 is 0 Å². The molecule has 1 saturated heterocycles. The minimum atomic E-state index is -0.387. The van der Waals surface area contributed by atoms with Crippen molar-refractivity contribution in [2.24, 2.45) is 11.3 Å². The Labute approximate surface area is 148 Å². The number of benzene rings is 1. The number of rotatable bonds is 5. The molecule has 0 radical (unpaired) electrons. The van der Waals surface area contributed by atoms with Crippen LogP contribution >= 0.6 is 0 Å². The number of carbonyl (C=O) groups is 2. The lowest BCUT2D eigenvalue weighted by Gasteiger charge is -2.49. The maximum Gasteiger partial charge on any atom is 0.302 e. The van der Waals surface area contributed by atoms with Crippen molar-refractivity contribution in [2.75, 3.05) is 26.8 Å².